The summed E-state index contributed by atoms with van der Waals surface area (Å²) in [5.74, 6) is 0. The molecule has 0 aromatic carbocycles. The Labute approximate surface area is 58.2 Å². The molecule has 0 unspecified atom stereocenters. The monoisotopic (exact) mass is 90.1 g/mol. The molecular formula is C6H11Li. The van der Waals surface area contributed by atoms with Gasteiger partial charge in [-0.2, -0.15) is 0 Å². The van der Waals surface area contributed by atoms with Gasteiger partial charge in [0.25, 0.3) is 0 Å². The first-order valence-electron chi connectivity index (χ1n) is 2.28. The molecule has 0 aliphatic heterocycles. The van der Waals surface area contributed by atoms with Crippen molar-refractivity contribution in [3.8, 4) is 0 Å². The molecule has 0 aromatic heterocycles. The van der Waals surface area contributed by atoms with Gasteiger partial charge in [-0.25, -0.2) is 18.6 Å². The second-order valence-corrected chi connectivity index (χ2v) is 1.30. The van der Waals surface area contributed by atoms with Crippen LogP contribution in [0.4, 0.5) is 0 Å². The van der Waals surface area contributed by atoms with Crippen molar-refractivity contribution in [3.05, 3.63) is 18.6 Å². The molecule has 0 saturated carbocycles. The molecule has 0 atom stereocenters. The number of allylic oxidation sites excluding steroid dienone is 2. The second-order valence-electron chi connectivity index (χ2n) is 1.30. The number of hydrogen-bond acceptors (Lipinski definition) is 0. The zero-order chi connectivity index (χ0) is 4.99. The largest absolute Gasteiger partial charge is 1.00 e. The van der Waals surface area contributed by atoms with Crippen molar-refractivity contribution in [2.75, 3.05) is 0 Å². The van der Waals surface area contributed by atoms with Crippen LogP contribution >= 0.6 is 0 Å². The third-order valence-electron chi connectivity index (χ3n) is 0.862. The molecule has 1 heteroatoms. The third kappa shape index (κ3) is 6.21. The fourth-order valence-corrected chi connectivity index (χ4v) is 0.204. The van der Waals surface area contributed by atoms with Gasteiger partial charge in [-0.1, -0.05) is 13.3 Å². The van der Waals surface area contributed by atoms with Gasteiger partial charge >= 0.3 is 18.9 Å². The molecule has 7 heavy (non-hydrogen) atoms. The molecule has 0 bridgehead atoms. The molecule has 0 rings (SSSR count). The van der Waals surface area contributed by atoms with Crippen LogP contribution in [0.15, 0.2) is 11.6 Å². The number of hydrogen-bond donors (Lipinski definition) is 0. The summed E-state index contributed by atoms with van der Waals surface area (Å²) >= 11 is 0. The summed E-state index contributed by atoms with van der Waals surface area (Å²) in [6.45, 7) is 7.84. The van der Waals surface area contributed by atoms with E-state index in [1.807, 2.05) is 13.0 Å². The SMILES string of the molecule is [CH2-]C(=CC)CC.[Li+]. The summed E-state index contributed by atoms with van der Waals surface area (Å²) in [5, 5.41) is 0. The van der Waals surface area contributed by atoms with Gasteiger partial charge in [-0.3, -0.25) is 0 Å². The summed E-state index contributed by atoms with van der Waals surface area (Å²) in [4.78, 5) is 0. The molecule has 0 fully saturated rings. The van der Waals surface area contributed by atoms with Gasteiger partial charge in [0.1, 0.15) is 0 Å². The van der Waals surface area contributed by atoms with E-state index in [9.17, 15) is 0 Å². The van der Waals surface area contributed by atoms with Gasteiger partial charge in [-0.15, -0.1) is 6.92 Å². The Kier molecular flexibility index (Phi) is 9.08. The van der Waals surface area contributed by atoms with Crippen LogP contribution in [0, 0.1) is 6.92 Å². The molecule has 0 aliphatic rings. The Morgan fingerprint density at radius 2 is 2.14 bits per heavy atom. The second kappa shape index (κ2) is 6.21. The van der Waals surface area contributed by atoms with Crippen molar-refractivity contribution >= 4 is 0 Å². The molecule has 36 valence electrons. The quantitative estimate of drug-likeness (QED) is 0.291. The molecule has 0 spiro atoms. The molecule has 0 amide bonds. The van der Waals surface area contributed by atoms with E-state index in [1.54, 1.807) is 0 Å². The molecular weight excluding hydrogens is 79.0 g/mol. The molecule has 0 aliphatic carbocycles. The Morgan fingerprint density at radius 3 is 2.14 bits per heavy atom. The van der Waals surface area contributed by atoms with Crippen molar-refractivity contribution in [1.82, 2.24) is 0 Å². The van der Waals surface area contributed by atoms with Gasteiger partial charge in [0, 0.05) is 0 Å². The number of rotatable bonds is 1. The van der Waals surface area contributed by atoms with E-state index in [1.165, 1.54) is 5.57 Å². The topological polar surface area (TPSA) is 0 Å². The minimum absolute atomic E-state index is 0. The van der Waals surface area contributed by atoms with Crippen molar-refractivity contribution in [1.29, 1.82) is 0 Å². The Hall–Kier alpha value is 0.207. The van der Waals surface area contributed by atoms with Crippen LogP contribution in [0.5, 0.6) is 0 Å². The van der Waals surface area contributed by atoms with E-state index < -0.39 is 0 Å². The fraction of sp³-hybridized carbons (Fsp3) is 0.500. The van der Waals surface area contributed by atoms with Gasteiger partial charge in [0.2, 0.25) is 0 Å². The molecule has 0 N–H and O–H groups in total. The normalized spacial score (nSPS) is 10.3. The predicted octanol–water partition coefficient (Wildman–Crippen LogP) is -0.819. The summed E-state index contributed by atoms with van der Waals surface area (Å²) in [5.41, 5.74) is 1.22. The maximum Gasteiger partial charge on any atom is 1.00 e. The zero-order valence-electron chi connectivity index (χ0n) is 5.49. The molecule has 0 nitrogen and oxygen atoms in total. The first-order chi connectivity index (χ1) is 2.81. The summed E-state index contributed by atoms with van der Waals surface area (Å²) in [6.07, 6.45) is 3.11. The van der Waals surface area contributed by atoms with Crippen LogP contribution in [0.2, 0.25) is 0 Å². The minimum Gasteiger partial charge on any atom is -0.242 e. The fourth-order valence-electron chi connectivity index (χ4n) is 0.204. The van der Waals surface area contributed by atoms with E-state index in [0.717, 1.165) is 6.42 Å². The summed E-state index contributed by atoms with van der Waals surface area (Å²) in [6, 6.07) is 0. The first-order valence-corrected chi connectivity index (χ1v) is 2.28. The maximum atomic E-state index is 3.74. The van der Waals surface area contributed by atoms with Crippen molar-refractivity contribution in [2.24, 2.45) is 0 Å². The molecule has 0 aromatic rings. The van der Waals surface area contributed by atoms with Gasteiger partial charge < -0.3 is 0 Å². The van der Waals surface area contributed by atoms with E-state index in [2.05, 4.69) is 13.8 Å². The van der Waals surface area contributed by atoms with E-state index in [-0.39, 0.29) is 18.9 Å². The minimum atomic E-state index is 0. The summed E-state index contributed by atoms with van der Waals surface area (Å²) < 4.78 is 0. The average Bonchev–Trinajstić information content (AvgIpc) is 1.65. The Balaban J connectivity index is 0. The van der Waals surface area contributed by atoms with E-state index >= 15 is 0 Å². The van der Waals surface area contributed by atoms with Crippen molar-refractivity contribution in [2.45, 2.75) is 20.3 Å². The average molecular weight is 90.1 g/mol. The predicted molar refractivity (Wildman–Crippen MR) is 29.4 cm³/mol. The van der Waals surface area contributed by atoms with Crippen LogP contribution in [0.1, 0.15) is 20.3 Å². The van der Waals surface area contributed by atoms with Crippen LogP contribution in [-0.4, -0.2) is 0 Å². The van der Waals surface area contributed by atoms with E-state index in [4.69, 9.17) is 0 Å². The van der Waals surface area contributed by atoms with E-state index in [0.29, 0.717) is 0 Å². The Bertz CT molecular complexity index is 55.2. The summed E-state index contributed by atoms with van der Waals surface area (Å²) in [7, 11) is 0. The van der Waals surface area contributed by atoms with Crippen molar-refractivity contribution in [3.63, 3.8) is 0 Å². The van der Waals surface area contributed by atoms with Crippen LogP contribution in [0.25, 0.3) is 0 Å². The molecule has 0 heterocycles. The smallest absolute Gasteiger partial charge is 0.242 e. The van der Waals surface area contributed by atoms with Crippen LogP contribution in [-0.2, 0) is 0 Å². The van der Waals surface area contributed by atoms with Crippen LogP contribution < -0.4 is 18.9 Å². The van der Waals surface area contributed by atoms with Crippen LogP contribution in [0.3, 0.4) is 0 Å². The molecule has 0 saturated heterocycles. The maximum absolute atomic E-state index is 3.74. The van der Waals surface area contributed by atoms with Gasteiger partial charge in [-0.05, 0) is 0 Å². The van der Waals surface area contributed by atoms with Gasteiger partial charge in [0.15, 0.2) is 0 Å². The molecule has 0 radical (unpaired) electrons. The Morgan fingerprint density at radius 1 is 1.71 bits per heavy atom. The zero-order valence-corrected chi connectivity index (χ0v) is 5.49. The van der Waals surface area contributed by atoms with Gasteiger partial charge in [0.05, 0.1) is 0 Å². The van der Waals surface area contributed by atoms with Crippen molar-refractivity contribution < 1.29 is 18.9 Å². The third-order valence-corrected chi connectivity index (χ3v) is 0.862. The first kappa shape index (κ1) is 10.2. The standard InChI is InChI=1S/C6H11.Li/c1-4-6(3)5-2;/h4H,3,5H2,1-2H3;/q-1;+1.